The van der Waals surface area contributed by atoms with Gasteiger partial charge in [-0.2, -0.15) is 0 Å². The number of nitrogens with zero attached hydrogens (tertiary/aromatic N) is 2. The maximum atomic E-state index is 6.53. The Hall–Kier alpha value is -1.07. The predicted octanol–water partition coefficient (Wildman–Crippen LogP) is 6.15. The van der Waals surface area contributed by atoms with Crippen LogP contribution in [-0.2, 0) is 22.4 Å². The lowest BCUT2D eigenvalue weighted by Gasteiger charge is -2.47. The number of rotatable bonds is 9. The molecule has 1 aromatic carbocycles. The van der Waals surface area contributed by atoms with Gasteiger partial charge in [0.15, 0.2) is 5.79 Å². The Morgan fingerprint density at radius 2 is 1.79 bits per heavy atom. The molecule has 1 aliphatic heterocycles. The van der Waals surface area contributed by atoms with E-state index in [2.05, 4.69) is 23.4 Å². The zero-order valence-electron chi connectivity index (χ0n) is 16.8. The second-order valence-corrected chi connectivity index (χ2v) is 8.79. The third kappa shape index (κ3) is 5.29. The monoisotopic (exact) mass is 424 g/mol. The molecular weight excluding hydrogens is 395 g/mol. The predicted molar refractivity (Wildman–Crippen MR) is 114 cm³/mol. The summed E-state index contributed by atoms with van der Waals surface area (Å²) < 4.78 is 15.1. The fourth-order valence-electron chi connectivity index (χ4n) is 4.14. The highest BCUT2D eigenvalue weighted by Crippen LogP contribution is 2.41. The molecular formula is C22H30Cl2N2O2. The quantitative estimate of drug-likeness (QED) is 0.483. The zero-order valence-corrected chi connectivity index (χ0v) is 18.3. The second kappa shape index (κ2) is 9.62. The van der Waals surface area contributed by atoms with Crippen LogP contribution in [0.1, 0.15) is 51.5 Å². The van der Waals surface area contributed by atoms with Crippen LogP contribution >= 0.6 is 23.2 Å². The average Bonchev–Trinajstić information content (AvgIpc) is 3.19. The van der Waals surface area contributed by atoms with Crippen molar-refractivity contribution >= 4 is 23.2 Å². The van der Waals surface area contributed by atoms with Crippen LogP contribution in [0.4, 0.5) is 0 Å². The minimum Gasteiger partial charge on any atom is -0.349 e. The van der Waals surface area contributed by atoms with Gasteiger partial charge in [0.1, 0.15) is 0 Å². The van der Waals surface area contributed by atoms with Gasteiger partial charge in [-0.05, 0) is 30.5 Å². The molecule has 0 saturated carbocycles. The summed E-state index contributed by atoms with van der Waals surface area (Å²) in [5, 5.41) is 1.29. The van der Waals surface area contributed by atoms with Crippen LogP contribution in [0.15, 0.2) is 36.9 Å². The molecule has 6 heteroatoms. The minimum atomic E-state index is -0.688. The average molecular weight is 425 g/mol. The molecule has 0 atom stereocenters. The molecule has 28 heavy (non-hydrogen) atoms. The summed E-state index contributed by atoms with van der Waals surface area (Å²) in [5.41, 5.74) is 1.11. The first-order valence-electron chi connectivity index (χ1n) is 10.2. The SMILES string of the molecule is CCCC1(CCC)COC(CCn2ccnc2)(Cc2ccc(Cl)cc2Cl)OC1. The maximum absolute atomic E-state index is 6.53. The van der Waals surface area contributed by atoms with Gasteiger partial charge in [-0.1, -0.05) is 56.0 Å². The molecule has 1 saturated heterocycles. The minimum absolute atomic E-state index is 0.117. The first-order chi connectivity index (χ1) is 13.5. The lowest BCUT2D eigenvalue weighted by Crippen LogP contribution is -2.51. The topological polar surface area (TPSA) is 36.3 Å². The van der Waals surface area contributed by atoms with Crippen LogP contribution in [0.5, 0.6) is 0 Å². The number of hydrogen-bond donors (Lipinski definition) is 0. The number of aryl methyl sites for hydroxylation is 1. The molecule has 4 nitrogen and oxygen atoms in total. The Morgan fingerprint density at radius 1 is 1.07 bits per heavy atom. The van der Waals surface area contributed by atoms with Gasteiger partial charge in [0, 0.05) is 47.2 Å². The number of benzene rings is 1. The highest BCUT2D eigenvalue weighted by atomic mass is 35.5. The van der Waals surface area contributed by atoms with E-state index in [1.165, 1.54) is 0 Å². The molecule has 1 fully saturated rings. The molecule has 1 aromatic heterocycles. The van der Waals surface area contributed by atoms with Crippen LogP contribution in [0.3, 0.4) is 0 Å². The zero-order chi connectivity index (χ0) is 20.0. The van der Waals surface area contributed by atoms with E-state index in [1.807, 2.05) is 24.7 Å². The third-order valence-electron chi connectivity index (χ3n) is 5.63. The van der Waals surface area contributed by atoms with Crippen LogP contribution in [0.2, 0.25) is 10.0 Å². The molecule has 0 N–H and O–H groups in total. The van der Waals surface area contributed by atoms with E-state index in [1.54, 1.807) is 12.3 Å². The Labute approximate surface area is 178 Å². The van der Waals surface area contributed by atoms with Crippen LogP contribution in [0.25, 0.3) is 0 Å². The van der Waals surface area contributed by atoms with Crippen molar-refractivity contribution in [3.05, 3.63) is 52.5 Å². The third-order valence-corrected chi connectivity index (χ3v) is 6.22. The molecule has 2 aromatic rings. The van der Waals surface area contributed by atoms with E-state index in [9.17, 15) is 0 Å². The smallest absolute Gasteiger partial charge is 0.174 e. The van der Waals surface area contributed by atoms with Crippen molar-refractivity contribution < 1.29 is 9.47 Å². The first-order valence-corrected chi connectivity index (χ1v) is 10.9. The molecule has 2 heterocycles. The van der Waals surface area contributed by atoms with Crippen molar-refractivity contribution in [2.45, 2.75) is 64.7 Å². The number of hydrogen-bond acceptors (Lipinski definition) is 3. The summed E-state index contributed by atoms with van der Waals surface area (Å²) >= 11 is 12.5. The molecule has 1 aliphatic rings. The second-order valence-electron chi connectivity index (χ2n) is 7.95. The van der Waals surface area contributed by atoms with Crippen LogP contribution in [-0.4, -0.2) is 28.6 Å². The molecule has 0 spiro atoms. The molecule has 0 unspecified atom stereocenters. The van der Waals surface area contributed by atoms with Gasteiger partial charge >= 0.3 is 0 Å². The van der Waals surface area contributed by atoms with Gasteiger partial charge in [-0.3, -0.25) is 0 Å². The van der Waals surface area contributed by atoms with Gasteiger partial charge in [0.2, 0.25) is 0 Å². The normalized spacial score (nSPS) is 18.3. The fraction of sp³-hybridized carbons (Fsp3) is 0.591. The summed E-state index contributed by atoms with van der Waals surface area (Å²) in [4.78, 5) is 4.13. The summed E-state index contributed by atoms with van der Waals surface area (Å²) in [5.74, 6) is -0.688. The molecule has 0 amide bonds. The Morgan fingerprint density at radius 3 is 2.36 bits per heavy atom. The standard InChI is InChI=1S/C22H30Cl2N2O2/c1-3-7-21(8-4-2)15-27-22(28-16-21,9-11-26-12-10-25-17-26)14-18-5-6-19(23)13-20(18)24/h5-6,10,12-13,17H,3-4,7-9,11,14-16H2,1-2H3. The van der Waals surface area contributed by atoms with Gasteiger partial charge in [-0.15, -0.1) is 0 Å². The Bertz CT molecular complexity index is 733. The van der Waals surface area contributed by atoms with Crippen molar-refractivity contribution in [3.8, 4) is 0 Å². The molecule has 154 valence electrons. The van der Waals surface area contributed by atoms with Crippen molar-refractivity contribution in [2.75, 3.05) is 13.2 Å². The van der Waals surface area contributed by atoms with E-state index in [0.717, 1.165) is 57.4 Å². The molecule has 0 aliphatic carbocycles. The molecule has 0 bridgehead atoms. The van der Waals surface area contributed by atoms with Gasteiger partial charge in [-0.25, -0.2) is 4.98 Å². The largest absolute Gasteiger partial charge is 0.349 e. The Kier molecular flexibility index (Phi) is 7.43. The van der Waals surface area contributed by atoms with E-state index in [-0.39, 0.29) is 5.41 Å². The Balaban J connectivity index is 1.79. The fourth-order valence-corrected chi connectivity index (χ4v) is 4.61. The maximum Gasteiger partial charge on any atom is 0.174 e. The van der Waals surface area contributed by atoms with Crippen molar-refractivity contribution in [2.24, 2.45) is 5.41 Å². The molecule has 0 radical (unpaired) electrons. The molecule has 3 rings (SSSR count). The van der Waals surface area contributed by atoms with Crippen LogP contribution < -0.4 is 0 Å². The van der Waals surface area contributed by atoms with E-state index in [4.69, 9.17) is 32.7 Å². The van der Waals surface area contributed by atoms with Gasteiger partial charge in [0.05, 0.1) is 19.5 Å². The van der Waals surface area contributed by atoms with Crippen molar-refractivity contribution in [1.82, 2.24) is 9.55 Å². The van der Waals surface area contributed by atoms with Gasteiger partial charge < -0.3 is 14.0 Å². The number of halogens is 2. The lowest BCUT2D eigenvalue weighted by atomic mass is 9.79. The summed E-state index contributed by atoms with van der Waals surface area (Å²) in [6.45, 7) is 6.69. The summed E-state index contributed by atoms with van der Waals surface area (Å²) in [6, 6.07) is 5.62. The number of imidazole rings is 1. The lowest BCUT2D eigenvalue weighted by molar-refractivity contribution is -0.309. The van der Waals surface area contributed by atoms with Crippen molar-refractivity contribution in [1.29, 1.82) is 0 Å². The highest BCUT2D eigenvalue weighted by Gasteiger charge is 2.44. The highest BCUT2D eigenvalue weighted by molar-refractivity contribution is 6.35. The van der Waals surface area contributed by atoms with Gasteiger partial charge in [0.25, 0.3) is 0 Å². The number of ether oxygens (including phenoxy) is 2. The van der Waals surface area contributed by atoms with Crippen LogP contribution in [0, 0.1) is 5.41 Å². The van der Waals surface area contributed by atoms with E-state index >= 15 is 0 Å². The summed E-state index contributed by atoms with van der Waals surface area (Å²) in [6.07, 6.45) is 11.4. The summed E-state index contributed by atoms with van der Waals surface area (Å²) in [7, 11) is 0. The number of aromatic nitrogens is 2. The van der Waals surface area contributed by atoms with E-state index < -0.39 is 5.79 Å². The first kappa shape index (κ1) is 21.6. The van der Waals surface area contributed by atoms with E-state index in [0.29, 0.717) is 16.5 Å². The van der Waals surface area contributed by atoms with Crippen molar-refractivity contribution in [3.63, 3.8) is 0 Å².